The number of nitriles is 1. The van der Waals surface area contributed by atoms with E-state index < -0.39 is 0 Å². The van der Waals surface area contributed by atoms with Crippen molar-refractivity contribution in [3.63, 3.8) is 0 Å². The van der Waals surface area contributed by atoms with Crippen LogP contribution >= 0.6 is 0 Å². The minimum absolute atomic E-state index is 0.0474. The highest BCUT2D eigenvalue weighted by atomic mass is 16.1. The van der Waals surface area contributed by atoms with Crippen LogP contribution < -0.4 is 5.32 Å². The van der Waals surface area contributed by atoms with Crippen LogP contribution in [0.15, 0.2) is 18.2 Å². The molecule has 3 nitrogen and oxygen atoms in total. The molecule has 1 rings (SSSR count). The van der Waals surface area contributed by atoms with Gasteiger partial charge in [-0.2, -0.15) is 5.26 Å². The minimum Gasteiger partial charge on any atom is -0.339 e. The number of nitrogens with one attached hydrogen (secondary N) is 1. The minimum atomic E-state index is -0.199. The smallest absolute Gasteiger partial charge is 0.252 e. The van der Waals surface area contributed by atoms with Crippen molar-refractivity contribution in [2.45, 2.75) is 13.8 Å². The lowest BCUT2D eigenvalue weighted by Crippen LogP contribution is -2.23. The maximum absolute atomic E-state index is 11.4. The van der Waals surface area contributed by atoms with Gasteiger partial charge >= 0.3 is 0 Å². The van der Waals surface area contributed by atoms with Crippen LogP contribution in [-0.2, 0) is 0 Å². The number of benzene rings is 1. The van der Waals surface area contributed by atoms with Gasteiger partial charge in [0, 0.05) is 5.56 Å². The number of carbonyl (C=O) groups is 1. The molecule has 0 heterocycles. The van der Waals surface area contributed by atoms with Crippen molar-refractivity contribution in [2.75, 3.05) is 6.54 Å². The van der Waals surface area contributed by atoms with Crippen LogP contribution in [0.25, 0.3) is 0 Å². The number of amides is 1. The third-order valence-corrected chi connectivity index (χ3v) is 2.10. The van der Waals surface area contributed by atoms with Crippen LogP contribution in [0, 0.1) is 25.2 Å². The molecule has 0 spiro atoms. The molecule has 0 aliphatic rings. The largest absolute Gasteiger partial charge is 0.339 e. The zero-order valence-electron chi connectivity index (χ0n) is 8.29. The number of hydrogen-bond acceptors (Lipinski definition) is 2. The monoisotopic (exact) mass is 188 g/mol. The first-order valence-electron chi connectivity index (χ1n) is 4.37. The second kappa shape index (κ2) is 4.43. The molecule has 0 atom stereocenters. The number of aryl methyl sites for hydroxylation is 2. The van der Waals surface area contributed by atoms with E-state index in [1.54, 1.807) is 6.07 Å². The SMILES string of the molecule is Cc1ccc(C(=O)NCC#N)cc1C. The van der Waals surface area contributed by atoms with Crippen LogP contribution in [0.1, 0.15) is 21.5 Å². The van der Waals surface area contributed by atoms with Gasteiger partial charge in [-0.1, -0.05) is 6.07 Å². The molecule has 0 fully saturated rings. The van der Waals surface area contributed by atoms with Crippen LogP contribution in [0.4, 0.5) is 0 Å². The summed E-state index contributed by atoms with van der Waals surface area (Å²) in [4.78, 5) is 11.4. The molecule has 14 heavy (non-hydrogen) atoms. The molecule has 72 valence electrons. The fourth-order valence-corrected chi connectivity index (χ4v) is 1.10. The Balaban J connectivity index is 2.82. The van der Waals surface area contributed by atoms with E-state index in [0.29, 0.717) is 5.56 Å². The summed E-state index contributed by atoms with van der Waals surface area (Å²) in [6.45, 7) is 3.99. The third-order valence-electron chi connectivity index (χ3n) is 2.10. The van der Waals surface area contributed by atoms with Gasteiger partial charge in [0.2, 0.25) is 0 Å². The molecule has 0 aromatic heterocycles. The third kappa shape index (κ3) is 2.33. The van der Waals surface area contributed by atoms with E-state index in [1.807, 2.05) is 32.0 Å². The Bertz CT molecular complexity index is 391. The maximum Gasteiger partial charge on any atom is 0.252 e. The highest BCUT2D eigenvalue weighted by Crippen LogP contribution is 2.09. The van der Waals surface area contributed by atoms with Gasteiger partial charge in [0.25, 0.3) is 5.91 Å². The van der Waals surface area contributed by atoms with E-state index in [4.69, 9.17) is 5.26 Å². The van der Waals surface area contributed by atoms with Crippen LogP contribution in [-0.4, -0.2) is 12.5 Å². The van der Waals surface area contributed by atoms with Gasteiger partial charge in [-0.05, 0) is 37.1 Å². The maximum atomic E-state index is 11.4. The molecule has 0 unspecified atom stereocenters. The predicted molar refractivity (Wildman–Crippen MR) is 53.9 cm³/mol. The van der Waals surface area contributed by atoms with Crippen molar-refractivity contribution in [1.29, 1.82) is 5.26 Å². The summed E-state index contributed by atoms with van der Waals surface area (Å²) in [7, 11) is 0. The molecule has 0 saturated heterocycles. The van der Waals surface area contributed by atoms with Gasteiger partial charge in [0.15, 0.2) is 0 Å². The quantitative estimate of drug-likeness (QED) is 0.716. The van der Waals surface area contributed by atoms with Crippen LogP contribution in [0.2, 0.25) is 0 Å². The van der Waals surface area contributed by atoms with E-state index in [-0.39, 0.29) is 12.5 Å². The lowest BCUT2D eigenvalue weighted by molar-refractivity contribution is 0.0958. The normalized spacial score (nSPS) is 9.21. The van der Waals surface area contributed by atoms with Gasteiger partial charge in [-0.25, -0.2) is 0 Å². The van der Waals surface area contributed by atoms with Crippen molar-refractivity contribution in [3.05, 3.63) is 34.9 Å². The van der Waals surface area contributed by atoms with Crippen molar-refractivity contribution >= 4 is 5.91 Å². The average Bonchev–Trinajstić information content (AvgIpc) is 2.18. The molecular weight excluding hydrogens is 176 g/mol. The summed E-state index contributed by atoms with van der Waals surface area (Å²) in [5.41, 5.74) is 2.83. The van der Waals surface area contributed by atoms with E-state index in [1.165, 1.54) is 0 Å². The number of carbonyl (C=O) groups excluding carboxylic acids is 1. The van der Waals surface area contributed by atoms with Crippen molar-refractivity contribution in [2.24, 2.45) is 0 Å². The second-order valence-electron chi connectivity index (χ2n) is 3.14. The zero-order valence-corrected chi connectivity index (χ0v) is 8.29. The fraction of sp³-hybridized carbons (Fsp3) is 0.273. The lowest BCUT2D eigenvalue weighted by atomic mass is 10.1. The molecule has 3 heteroatoms. The molecule has 0 aliphatic carbocycles. The van der Waals surface area contributed by atoms with Crippen LogP contribution in [0.3, 0.4) is 0 Å². The van der Waals surface area contributed by atoms with Crippen LogP contribution in [0.5, 0.6) is 0 Å². The Kier molecular flexibility index (Phi) is 3.24. The molecule has 1 aromatic carbocycles. The average molecular weight is 188 g/mol. The Labute approximate surface area is 83.4 Å². The van der Waals surface area contributed by atoms with Crippen molar-refractivity contribution in [3.8, 4) is 6.07 Å². The lowest BCUT2D eigenvalue weighted by Gasteiger charge is -2.04. The van der Waals surface area contributed by atoms with Gasteiger partial charge in [0.1, 0.15) is 6.54 Å². The fourth-order valence-electron chi connectivity index (χ4n) is 1.10. The molecule has 0 bridgehead atoms. The summed E-state index contributed by atoms with van der Waals surface area (Å²) in [6, 6.07) is 7.34. The Morgan fingerprint density at radius 3 is 2.71 bits per heavy atom. The van der Waals surface area contributed by atoms with Gasteiger partial charge in [-0.3, -0.25) is 4.79 Å². The second-order valence-corrected chi connectivity index (χ2v) is 3.14. The van der Waals surface area contributed by atoms with E-state index in [0.717, 1.165) is 11.1 Å². The summed E-state index contributed by atoms with van der Waals surface area (Å²) in [5.74, 6) is -0.199. The van der Waals surface area contributed by atoms with Crippen molar-refractivity contribution in [1.82, 2.24) is 5.32 Å². The van der Waals surface area contributed by atoms with Gasteiger partial charge in [0.05, 0.1) is 6.07 Å². The molecule has 0 saturated carbocycles. The number of nitrogens with zero attached hydrogens (tertiary/aromatic N) is 1. The first-order chi connectivity index (χ1) is 6.65. The van der Waals surface area contributed by atoms with Gasteiger partial charge in [-0.15, -0.1) is 0 Å². The highest BCUT2D eigenvalue weighted by Gasteiger charge is 2.04. The summed E-state index contributed by atoms with van der Waals surface area (Å²) < 4.78 is 0. The Morgan fingerprint density at radius 2 is 2.14 bits per heavy atom. The topological polar surface area (TPSA) is 52.9 Å². The molecule has 1 aromatic rings. The van der Waals surface area contributed by atoms with E-state index in [2.05, 4.69) is 5.32 Å². The van der Waals surface area contributed by atoms with E-state index >= 15 is 0 Å². The Hall–Kier alpha value is -1.82. The molecule has 1 amide bonds. The highest BCUT2D eigenvalue weighted by molar-refractivity contribution is 5.94. The predicted octanol–water partition coefficient (Wildman–Crippen LogP) is 1.56. The standard InChI is InChI=1S/C11H12N2O/c1-8-3-4-10(7-9(8)2)11(14)13-6-5-12/h3-4,7H,6H2,1-2H3,(H,13,14). The first-order valence-corrected chi connectivity index (χ1v) is 4.37. The van der Waals surface area contributed by atoms with Crippen molar-refractivity contribution < 1.29 is 4.79 Å². The van der Waals surface area contributed by atoms with Gasteiger partial charge < -0.3 is 5.32 Å². The molecule has 1 N–H and O–H groups in total. The summed E-state index contributed by atoms with van der Waals surface area (Å²) >= 11 is 0. The molecule has 0 aliphatic heterocycles. The molecular formula is C11H12N2O. The van der Waals surface area contributed by atoms with E-state index in [9.17, 15) is 4.79 Å². The number of rotatable bonds is 2. The number of hydrogen-bond donors (Lipinski definition) is 1. The summed E-state index contributed by atoms with van der Waals surface area (Å²) in [6.07, 6.45) is 0. The Morgan fingerprint density at radius 1 is 1.43 bits per heavy atom. The zero-order chi connectivity index (χ0) is 10.6. The summed E-state index contributed by atoms with van der Waals surface area (Å²) in [5, 5.41) is 10.8. The first kappa shape index (κ1) is 10.3. The molecule has 0 radical (unpaired) electrons.